The van der Waals surface area contributed by atoms with Gasteiger partial charge < -0.3 is 10.8 Å². The highest BCUT2D eigenvalue weighted by Crippen LogP contribution is 2.59. The predicted molar refractivity (Wildman–Crippen MR) is 80.0 cm³/mol. The predicted octanol–water partition coefficient (Wildman–Crippen LogP) is 3.54. The van der Waals surface area contributed by atoms with Gasteiger partial charge in [-0.15, -0.1) is 0 Å². The van der Waals surface area contributed by atoms with Crippen LogP contribution in [0.15, 0.2) is 18.2 Å². The average molecular weight is 267 g/mol. The fraction of sp³-hybridized carbons (Fsp3) is 0.556. The molecule has 1 aromatic carbocycles. The minimum Gasteiger partial charge on any atom is -0.506 e. The molecule has 5 rings (SSSR count). The molecule has 2 nitrogen and oxygen atoms in total. The monoisotopic (exact) mass is 267 g/mol. The Morgan fingerprint density at radius 2 is 1.65 bits per heavy atom. The summed E-state index contributed by atoms with van der Waals surface area (Å²) < 4.78 is 0. The number of aromatic hydroxyl groups is 1. The fourth-order valence-corrected chi connectivity index (χ4v) is 5.09. The van der Waals surface area contributed by atoms with E-state index >= 15 is 0 Å². The summed E-state index contributed by atoms with van der Waals surface area (Å²) in [6.45, 7) is 0. The summed E-state index contributed by atoms with van der Waals surface area (Å²) in [5, 5.41) is 9.67. The van der Waals surface area contributed by atoms with Crippen LogP contribution in [0.1, 0.15) is 44.1 Å². The van der Waals surface area contributed by atoms with Gasteiger partial charge >= 0.3 is 0 Å². The summed E-state index contributed by atoms with van der Waals surface area (Å²) in [5.41, 5.74) is 7.21. The lowest BCUT2D eigenvalue weighted by Crippen LogP contribution is -2.45. The molecule has 4 bridgehead atoms. The van der Waals surface area contributed by atoms with Gasteiger partial charge in [-0.2, -0.15) is 0 Å². The lowest BCUT2D eigenvalue weighted by Gasteiger charge is -2.54. The van der Waals surface area contributed by atoms with Crippen LogP contribution >= 0.6 is 0 Å². The Kier molecular flexibility index (Phi) is 2.54. The number of benzene rings is 1. The highest BCUT2D eigenvalue weighted by atomic mass is 16.3. The van der Waals surface area contributed by atoms with E-state index in [2.05, 4.69) is 11.8 Å². The van der Waals surface area contributed by atoms with Gasteiger partial charge in [0.2, 0.25) is 0 Å². The zero-order valence-electron chi connectivity index (χ0n) is 11.7. The van der Waals surface area contributed by atoms with Gasteiger partial charge in [0, 0.05) is 11.0 Å². The van der Waals surface area contributed by atoms with Gasteiger partial charge in [-0.05, 0) is 74.5 Å². The topological polar surface area (TPSA) is 46.2 Å². The Hall–Kier alpha value is -1.62. The van der Waals surface area contributed by atoms with E-state index in [1.807, 2.05) is 6.07 Å². The van der Waals surface area contributed by atoms with Crippen LogP contribution in [0.5, 0.6) is 5.75 Å². The third-order valence-electron chi connectivity index (χ3n) is 5.54. The summed E-state index contributed by atoms with van der Waals surface area (Å²) >= 11 is 0. The molecule has 0 unspecified atom stereocenters. The van der Waals surface area contributed by atoms with Crippen LogP contribution < -0.4 is 5.73 Å². The van der Waals surface area contributed by atoms with Gasteiger partial charge in [-0.3, -0.25) is 0 Å². The largest absolute Gasteiger partial charge is 0.506 e. The van der Waals surface area contributed by atoms with E-state index in [-0.39, 0.29) is 11.2 Å². The van der Waals surface area contributed by atoms with Crippen molar-refractivity contribution in [3.8, 4) is 17.6 Å². The maximum absolute atomic E-state index is 9.67. The van der Waals surface area contributed by atoms with Crippen molar-refractivity contribution in [2.45, 2.75) is 38.5 Å². The molecule has 0 atom stereocenters. The van der Waals surface area contributed by atoms with Crippen molar-refractivity contribution in [2.24, 2.45) is 23.2 Å². The third kappa shape index (κ3) is 1.97. The maximum atomic E-state index is 9.67. The second kappa shape index (κ2) is 4.19. The van der Waals surface area contributed by atoms with Crippen molar-refractivity contribution in [3.05, 3.63) is 23.8 Å². The molecule has 20 heavy (non-hydrogen) atoms. The minimum atomic E-state index is 0.141. The molecule has 0 heterocycles. The maximum Gasteiger partial charge on any atom is 0.139 e. The molecule has 0 amide bonds. The first-order valence-electron chi connectivity index (χ1n) is 7.74. The van der Waals surface area contributed by atoms with Crippen LogP contribution in [0.25, 0.3) is 0 Å². The highest BCUT2D eigenvalue weighted by Gasteiger charge is 2.50. The summed E-state index contributed by atoms with van der Waals surface area (Å²) in [6, 6.07) is 5.32. The molecule has 4 fully saturated rings. The fourth-order valence-electron chi connectivity index (χ4n) is 5.09. The lowest BCUT2D eigenvalue weighted by molar-refractivity contribution is -0.0181. The number of rotatable bonds is 0. The molecular weight excluding hydrogens is 246 g/mol. The standard InChI is InChI=1S/C18H21NO/c19-16-2-1-12(8-17(16)20)3-4-18-9-13-5-14(10-18)7-15(6-13)11-18/h1-2,8,13-15,20H,5-7,9-11,19H2. The molecule has 0 spiro atoms. The van der Waals surface area contributed by atoms with Crippen LogP contribution in [-0.4, -0.2) is 5.11 Å². The molecule has 0 radical (unpaired) electrons. The normalized spacial score (nSPS) is 37.5. The lowest BCUT2D eigenvalue weighted by atomic mass is 9.50. The SMILES string of the molecule is Nc1ccc(C#CC23CC4CC(CC(C4)C2)C3)cc1O. The Morgan fingerprint density at radius 3 is 2.20 bits per heavy atom. The molecule has 0 saturated heterocycles. The van der Waals surface area contributed by atoms with Gasteiger partial charge in [-0.25, -0.2) is 0 Å². The summed E-state index contributed by atoms with van der Waals surface area (Å²) in [7, 11) is 0. The van der Waals surface area contributed by atoms with Crippen molar-refractivity contribution in [1.29, 1.82) is 0 Å². The van der Waals surface area contributed by atoms with Crippen LogP contribution in [0.4, 0.5) is 5.69 Å². The number of nitrogen functional groups attached to an aromatic ring is 1. The van der Waals surface area contributed by atoms with Crippen LogP contribution in [0.3, 0.4) is 0 Å². The van der Waals surface area contributed by atoms with Crippen molar-refractivity contribution < 1.29 is 5.11 Å². The summed E-state index contributed by atoms with van der Waals surface area (Å²) in [4.78, 5) is 0. The molecule has 0 aliphatic heterocycles. The zero-order valence-corrected chi connectivity index (χ0v) is 11.7. The number of phenols is 1. The van der Waals surface area contributed by atoms with Crippen LogP contribution in [0.2, 0.25) is 0 Å². The van der Waals surface area contributed by atoms with E-state index in [4.69, 9.17) is 5.73 Å². The third-order valence-corrected chi connectivity index (χ3v) is 5.54. The first-order valence-corrected chi connectivity index (χ1v) is 7.74. The van der Waals surface area contributed by atoms with Crippen molar-refractivity contribution in [2.75, 3.05) is 5.73 Å². The smallest absolute Gasteiger partial charge is 0.139 e. The second-order valence-corrected chi connectivity index (χ2v) is 7.22. The first-order chi connectivity index (χ1) is 9.62. The van der Waals surface area contributed by atoms with E-state index in [1.165, 1.54) is 38.5 Å². The first kappa shape index (κ1) is 12.1. The molecular formula is C18H21NO. The Morgan fingerprint density at radius 1 is 1.05 bits per heavy atom. The quantitative estimate of drug-likeness (QED) is 0.429. The number of hydrogen-bond donors (Lipinski definition) is 2. The van der Waals surface area contributed by atoms with Crippen molar-refractivity contribution in [3.63, 3.8) is 0 Å². The Bertz CT molecular complexity index is 572. The van der Waals surface area contributed by atoms with Crippen molar-refractivity contribution in [1.82, 2.24) is 0 Å². The zero-order chi connectivity index (χ0) is 13.7. The van der Waals surface area contributed by atoms with Gasteiger partial charge in [0.1, 0.15) is 5.75 Å². The number of anilines is 1. The summed E-state index contributed by atoms with van der Waals surface area (Å²) in [6.07, 6.45) is 8.24. The number of phenolic OH excluding ortho intramolecular Hbond substituents is 1. The molecule has 2 heteroatoms. The Balaban J connectivity index is 1.62. The molecule has 1 aromatic rings. The van der Waals surface area contributed by atoms with E-state index in [0.717, 1.165) is 23.3 Å². The van der Waals surface area contributed by atoms with E-state index in [1.54, 1.807) is 12.1 Å². The molecule has 0 aromatic heterocycles. The summed E-state index contributed by atoms with van der Waals surface area (Å²) in [5.74, 6) is 9.81. The van der Waals surface area contributed by atoms with Gasteiger partial charge in [0.05, 0.1) is 5.69 Å². The number of hydrogen-bond acceptors (Lipinski definition) is 2. The number of nitrogens with two attached hydrogens (primary N) is 1. The van der Waals surface area contributed by atoms with Crippen LogP contribution in [0, 0.1) is 35.0 Å². The van der Waals surface area contributed by atoms with Gasteiger partial charge in [0.25, 0.3) is 0 Å². The molecule has 3 N–H and O–H groups in total. The van der Waals surface area contributed by atoms with Gasteiger partial charge in [-0.1, -0.05) is 11.8 Å². The van der Waals surface area contributed by atoms with Gasteiger partial charge in [0.15, 0.2) is 0 Å². The average Bonchev–Trinajstić information content (AvgIpc) is 2.39. The van der Waals surface area contributed by atoms with E-state index in [0.29, 0.717) is 5.69 Å². The molecule has 4 aliphatic rings. The Labute approximate surface area is 120 Å². The molecule has 104 valence electrons. The van der Waals surface area contributed by atoms with E-state index < -0.39 is 0 Å². The molecule has 4 aliphatic carbocycles. The highest BCUT2D eigenvalue weighted by molar-refractivity contribution is 5.56. The minimum absolute atomic E-state index is 0.141. The van der Waals surface area contributed by atoms with E-state index in [9.17, 15) is 5.11 Å². The second-order valence-electron chi connectivity index (χ2n) is 7.22. The molecule has 4 saturated carbocycles. The van der Waals surface area contributed by atoms with Crippen LogP contribution in [-0.2, 0) is 0 Å². The van der Waals surface area contributed by atoms with Crippen molar-refractivity contribution >= 4 is 5.69 Å².